The van der Waals surface area contributed by atoms with Crippen LogP contribution in [-0.2, 0) is 0 Å². The predicted molar refractivity (Wildman–Crippen MR) is 61.3 cm³/mol. The molecule has 0 saturated carbocycles. The number of amides is 1. The van der Waals surface area contributed by atoms with Gasteiger partial charge in [0.2, 0.25) is 5.56 Å². The lowest BCUT2D eigenvalue weighted by Gasteiger charge is -2.06. The number of hydrogen-bond donors (Lipinski definition) is 2. The lowest BCUT2D eigenvalue weighted by Crippen LogP contribution is -2.16. The first-order chi connectivity index (χ1) is 8.97. The molecule has 0 unspecified atom stereocenters. The third-order valence-corrected chi connectivity index (χ3v) is 2.28. The molecule has 2 aromatic rings. The third kappa shape index (κ3) is 2.82. The maximum Gasteiger partial charge on any atom is 0.255 e. The van der Waals surface area contributed by atoms with Crippen molar-refractivity contribution in [3.63, 3.8) is 0 Å². The van der Waals surface area contributed by atoms with Crippen molar-refractivity contribution in [3.8, 4) is 0 Å². The van der Waals surface area contributed by atoms with Crippen molar-refractivity contribution in [1.82, 2.24) is 4.98 Å². The van der Waals surface area contributed by atoms with E-state index < -0.39 is 28.9 Å². The second kappa shape index (κ2) is 4.97. The van der Waals surface area contributed by atoms with E-state index in [-0.39, 0.29) is 11.3 Å². The molecule has 98 valence electrons. The first-order valence-electron chi connectivity index (χ1n) is 5.12. The second-order valence-electron chi connectivity index (χ2n) is 3.65. The van der Waals surface area contributed by atoms with E-state index >= 15 is 0 Å². The fourth-order valence-electron chi connectivity index (χ4n) is 1.42. The highest BCUT2D eigenvalue weighted by atomic mass is 19.2. The summed E-state index contributed by atoms with van der Waals surface area (Å²) in [5.74, 6) is -5.19. The molecule has 0 fully saturated rings. The van der Waals surface area contributed by atoms with Crippen LogP contribution in [0.3, 0.4) is 0 Å². The smallest absolute Gasteiger partial charge is 0.255 e. The van der Waals surface area contributed by atoms with Gasteiger partial charge >= 0.3 is 0 Å². The van der Waals surface area contributed by atoms with E-state index in [2.05, 4.69) is 10.3 Å². The summed E-state index contributed by atoms with van der Waals surface area (Å²) in [6.45, 7) is 0. The average Bonchev–Trinajstić information content (AvgIpc) is 2.36. The lowest BCUT2D eigenvalue weighted by molar-refractivity contribution is 0.102. The molecular formula is C12H7F3N2O2. The van der Waals surface area contributed by atoms with Crippen LogP contribution in [0.4, 0.5) is 18.9 Å². The van der Waals surface area contributed by atoms with E-state index in [4.69, 9.17) is 0 Å². The molecule has 4 nitrogen and oxygen atoms in total. The lowest BCUT2D eigenvalue weighted by atomic mass is 10.2. The minimum atomic E-state index is -1.62. The molecule has 1 aromatic carbocycles. The van der Waals surface area contributed by atoms with Gasteiger partial charge in [-0.25, -0.2) is 13.2 Å². The average molecular weight is 268 g/mol. The minimum Gasteiger partial charge on any atom is -0.329 e. The van der Waals surface area contributed by atoms with Gasteiger partial charge in [0.25, 0.3) is 5.91 Å². The van der Waals surface area contributed by atoms with E-state index in [0.717, 1.165) is 6.07 Å². The number of H-pyrrole nitrogens is 1. The molecule has 0 bridgehead atoms. The van der Waals surface area contributed by atoms with Crippen molar-refractivity contribution in [2.45, 2.75) is 0 Å². The van der Waals surface area contributed by atoms with Crippen LogP contribution in [0.25, 0.3) is 0 Å². The monoisotopic (exact) mass is 268 g/mol. The summed E-state index contributed by atoms with van der Waals surface area (Å²) in [4.78, 5) is 25.0. The molecule has 19 heavy (non-hydrogen) atoms. The fraction of sp³-hybridized carbons (Fsp3) is 0. The number of carbonyl (C=O) groups is 1. The molecule has 0 aliphatic rings. The van der Waals surface area contributed by atoms with Gasteiger partial charge in [-0.2, -0.15) is 0 Å². The Balaban J connectivity index is 2.27. The zero-order valence-electron chi connectivity index (χ0n) is 9.34. The van der Waals surface area contributed by atoms with E-state index in [0.29, 0.717) is 12.1 Å². The minimum absolute atomic E-state index is 0.00823. The summed E-state index contributed by atoms with van der Waals surface area (Å²) < 4.78 is 38.6. The van der Waals surface area contributed by atoms with E-state index in [1.807, 2.05) is 0 Å². The number of carbonyl (C=O) groups excluding carboxylic acids is 1. The number of anilines is 1. The molecule has 2 rings (SSSR count). The Labute approximate surface area is 104 Å². The van der Waals surface area contributed by atoms with Gasteiger partial charge in [0.15, 0.2) is 17.5 Å². The quantitative estimate of drug-likeness (QED) is 0.819. The van der Waals surface area contributed by atoms with Crippen molar-refractivity contribution in [2.24, 2.45) is 0 Å². The summed E-state index contributed by atoms with van der Waals surface area (Å²) in [6.07, 6.45) is 1.25. The Morgan fingerprint density at radius 1 is 1.11 bits per heavy atom. The van der Waals surface area contributed by atoms with Gasteiger partial charge in [0, 0.05) is 35.6 Å². The summed E-state index contributed by atoms with van der Waals surface area (Å²) in [5.41, 5.74) is -0.736. The topological polar surface area (TPSA) is 62.0 Å². The van der Waals surface area contributed by atoms with Gasteiger partial charge in [-0.1, -0.05) is 0 Å². The highest BCUT2D eigenvalue weighted by Crippen LogP contribution is 2.17. The van der Waals surface area contributed by atoms with Crippen molar-refractivity contribution >= 4 is 11.6 Å². The van der Waals surface area contributed by atoms with Crippen molar-refractivity contribution in [3.05, 3.63) is 63.8 Å². The number of rotatable bonds is 2. The summed E-state index contributed by atoms with van der Waals surface area (Å²) in [7, 11) is 0. The third-order valence-electron chi connectivity index (χ3n) is 2.28. The summed E-state index contributed by atoms with van der Waals surface area (Å²) >= 11 is 0. The van der Waals surface area contributed by atoms with E-state index in [1.165, 1.54) is 12.3 Å². The van der Waals surface area contributed by atoms with Gasteiger partial charge in [0.05, 0.1) is 0 Å². The highest BCUT2D eigenvalue weighted by molar-refractivity contribution is 6.04. The largest absolute Gasteiger partial charge is 0.329 e. The molecule has 0 spiro atoms. The van der Waals surface area contributed by atoms with Gasteiger partial charge in [0.1, 0.15) is 0 Å². The number of nitrogens with one attached hydrogen (secondary N) is 2. The molecule has 0 saturated heterocycles. The van der Waals surface area contributed by atoms with Crippen LogP contribution in [0.5, 0.6) is 0 Å². The van der Waals surface area contributed by atoms with E-state index in [9.17, 15) is 22.8 Å². The number of benzene rings is 1. The van der Waals surface area contributed by atoms with Gasteiger partial charge in [-0.15, -0.1) is 0 Å². The SMILES string of the molecule is O=C(Nc1cc(F)c(F)c(F)c1)c1cc[nH]c(=O)c1. The summed E-state index contributed by atoms with van der Waals surface area (Å²) in [6, 6.07) is 3.62. The second-order valence-corrected chi connectivity index (χ2v) is 3.65. The molecule has 0 atom stereocenters. The molecule has 1 aromatic heterocycles. The summed E-state index contributed by atoms with van der Waals surface area (Å²) in [5, 5.41) is 2.16. The molecule has 0 radical (unpaired) electrons. The Hall–Kier alpha value is -2.57. The molecule has 1 amide bonds. The zero-order chi connectivity index (χ0) is 14.0. The number of aromatic nitrogens is 1. The van der Waals surface area contributed by atoms with Crippen molar-refractivity contribution < 1.29 is 18.0 Å². The van der Waals surface area contributed by atoms with Crippen LogP contribution < -0.4 is 10.9 Å². The number of halogens is 3. The maximum absolute atomic E-state index is 12.9. The van der Waals surface area contributed by atoms with Crippen LogP contribution in [0.1, 0.15) is 10.4 Å². The van der Waals surface area contributed by atoms with Gasteiger partial charge < -0.3 is 10.3 Å². The van der Waals surface area contributed by atoms with Gasteiger partial charge in [-0.3, -0.25) is 9.59 Å². The zero-order valence-corrected chi connectivity index (χ0v) is 9.34. The number of pyridine rings is 1. The van der Waals surface area contributed by atoms with E-state index in [1.54, 1.807) is 0 Å². The van der Waals surface area contributed by atoms with Crippen molar-refractivity contribution in [2.75, 3.05) is 5.32 Å². The number of aromatic amines is 1. The van der Waals surface area contributed by atoms with Crippen LogP contribution >= 0.6 is 0 Å². The molecule has 0 aliphatic carbocycles. The first kappa shape index (κ1) is 12.9. The Kier molecular flexibility index (Phi) is 3.37. The van der Waals surface area contributed by atoms with Gasteiger partial charge in [-0.05, 0) is 6.07 Å². The maximum atomic E-state index is 12.9. The normalized spacial score (nSPS) is 10.3. The Morgan fingerprint density at radius 2 is 1.74 bits per heavy atom. The molecule has 7 heteroatoms. The fourth-order valence-corrected chi connectivity index (χ4v) is 1.42. The first-order valence-corrected chi connectivity index (χ1v) is 5.12. The molecule has 2 N–H and O–H groups in total. The van der Waals surface area contributed by atoms with Crippen LogP contribution in [0, 0.1) is 17.5 Å². The van der Waals surface area contributed by atoms with Crippen LogP contribution in [0.15, 0.2) is 35.3 Å². The number of hydrogen-bond acceptors (Lipinski definition) is 2. The highest BCUT2D eigenvalue weighted by Gasteiger charge is 2.13. The Bertz CT molecular complexity index is 674. The van der Waals surface area contributed by atoms with Crippen LogP contribution in [-0.4, -0.2) is 10.9 Å². The molecule has 1 heterocycles. The van der Waals surface area contributed by atoms with Crippen LogP contribution in [0.2, 0.25) is 0 Å². The standard InChI is InChI=1S/C12H7F3N2O2/c13-8-4-7(5-9(14)11(8)15)17-12(19)6-1-2-16-10(18)3-6/h1-5H,(H,16,18)(H,17,19). The molecule has 0 aliphatic heterocycles. The molecular weight excluding hydrogens is 261 g/mol. The van der Waals surface area contributed by atoms with Crippen molar-refractivity contribution in [1.29, 1.82) is 0 Å². The predicted octanol–water partition coefficient (Wildman–Crippen LogP) is 2.04. The Morgan fingerprint density at radius 3 is 2.32 bits per heavy atom.